The minimum absolute atomic E-state index is 0.0713. The largest absolute Gasteiger partial charge is 0.395 e. The summed E-state index contributed by atoms with van der Waals surface area (Å²) in [5.74, 6) is 0.419. The van der Waals surface area contributed by atoms with Crippen molar-refractivity contribution in [1.29, 1.82) is 0 Å². The Labute approximate surface area is 112 Å². The second kappa shape index (κ2) is 6.02. The summed E-state index contributed by atoms with van der Waals surface area (Å²) >= 11 is 0. The van der Waals surface area contributed by atoms with Crippen LogP contribution >= 0.6 is 0 Å². The maximum absolute atomic E-state index is 13.2. The van der Waals surface area contributed by atoms with Crippen molar-refractivity contribution < 1.29 is 9.50 Å². The SMILES string of the molecule is CCC(CC)N(CCO)c1nc2ccc(F)cc2[nH]1. The molecule has 0 aliphatic rings. The highest BCUT2D eigenvalue weighted by Crippen LogP contribution is 2.21. The van der Waals surface area contributed by atoms with Crippen molar-refractivity contribution in [3.63, 3.8) is 0 Å². The molecule has 0 amide bonds. The normalized spacial score (nSPS) is 11.4. The fourth-order valence-electron chi connectivity index (χ4n) is 2.40. The van der Waals surface area contributed by atoms with E-state index in [0.29, 0.717) is 24.1 Å². The molecule has 1 heterocycles. The predicted octanol–water partition coefficient (Wildman–Crippen LogP) is 2.69. The Morgan fingerprint density at radius 3 is 2.74 bits per heavy atom. The Morgan fingerprint density at radius 2 is 2.11 bits per heavy atom. The first-order valence-corrected chi connectivity index (χ1v) is 6.72. The minimum atomic E-state index is -0.279. The number of aromatic nitrogens is 2. The number of aliphatic hydroxyl groups excluding tert-OH is 1. The fraction of sp³-hybridized carbons (Fsp3) is 0.500. The maximum Gasteiger partial charge on any atom is 0.204 e. The molecule has 1 aromatic heterocycles. The lowest BCUT2D eigenvalue weighted by Crippen LogP contribution is -2.37. The zero-order valence-corrected chi connectivity index (χ0v) is 11.4. The van der Waals surface area contributed by atoms with Crippen LogP contribution in [0.15, 0.2) is 18.2 Å². The number of anilines is 1. The van der Waals surface area contributed by atoms with Gasteiger partial charge in [-0.25, -0.2) is 9.37 Å². The molecular formula is C14H20FN3O. The third kappa shape index (κ3) is 2.87. The molecule has 0 atom stereocenters. The number of imidazole rings is 1. The van der Waals surface area contributed by atoms with Gasteiger partial charge in [-0.1, -0.05) is 13.8 Å². The molecule has 0 saturated carbocycles. The second-order valence-corrected chi connectivity index (χ2v) is 4.61. The number of aromatic amines is 1. The molecule has 0 saturated heterocycles. The number of fused-ring (bicyclic) bond motifs is 1. The highest BCUT2D eigenvalue weighted by Gasteiger charge is 2.18. The van der Waals surface area contributed by atoms with E-state index < -0.39 is 0 Å². The fourth-order valence-corrected chi connectivity index (χ4v) is 2.40. The summed E-state index contributed by atoms with van der Waals surface area (Å²) in [7, 11) is 0. The lowest BCUT2D eigenvalue weighted by atomic mass is 10.1. The summed E-state index contributed by atoms with van der Waals surface area (Å²) in [4.78, 5) is 9.67. The van der Waals surface area contributed by atoms with Gasteiger partial charge in [0.1, 0.15) is 5.82 Å². The predicted molar refractivity (Wildman–Crippen MR) is 74.9 cm³/mol. The number of H-pyrrole nitrogens is 1. The standard InChI is InChI=1S/C14H20FN3O/c1-3-11(4-2)18(7-8-19)14-16-12-6-5-10(15)9-13(12)17-14/h5-6,9,11,19H,3-4,7-8H2,1-2H3,(H,16,17). The number of hydrogen-bond acceptors (Lipinski definition) is 3. The van der Waals surface area contributed by atoms with Crippen molar-refractivity contribution in [3.8, 4) is 0 Å². The van der Waals surface area contributed by atoms with Crippen LogP contribution in [0.4, 0.5) is 10.3 Å². The first kappa shape index (κ1) is 13.8. The van der Waals surface area contributed by atoms with Gasteiger partial charge in [-0.2, -0.15) is 0 Å². The van der Waals surface area contributed by atoms with E-state index in [9.17, 15) is 9.50 Å². The van der Waals surface area contributed by atoms with E-state index in [0.717, 1.165) is 18.4 Å². The van der Waals surface area contributed by atoms with Crippen LogP contribution in [0.2, 0.25) is 0 Å². The van der Waals surface area contributed by atoms with Gasteiger partial charge < -0.3 is 15.0 Å². The quantitative estimate of drug-likeness (QED) is 0.844. The van der Waals surface area contributed by atoms with E-state index in [4.69, 9.17) is 0 Å². The van der Waals surface area contributed by atoms with E-state index in [2.05, 4.69) is 28.7 Å². The second-order valence-electron chi connectivity index (χ2n) is 4.61. The van der Waals surface area contributed by atoms with Crippen LogP contribution in [-0.2, 0) is 0 Å². The molecule has 2 rings (SSSR count). The highest BCUT2D eigenvalue weighted by molar-refractivity contribution is 5.77. The number of aliphatic hydroxyl groups is 1. The van der Waals surface area contributed by atoms with Crippen molar-refractivity contribution in [2.24, 2.45) is 0 Å². The summed E-state index contributed by atoms with van der Waals surface area (Å²) in [6.45, 7) is 4.82. The van der Waals surface area contributed by atoms with Crippen LogP contribution in [0.1, 0.15) is 26.7 Å². The third-order valence-electron chi connectivity index (χ3n) is 3.43. The summed E-state index contributed by atoms with van der Waals surface area (Å²) in [6, 6.07) is 4.82. The number of benzene rings is 1. The van der Waals surface area contributed by atoms with Gasteiger partial charge in [0.25, 0.3) is 0 Å². The smallest absolute Gasteiger partial charge is 0.204 e. The van der Waals surface area contributed by atoms with Crippen molar-refractivity contribution in [2.45, 2.75) is 32.7 Å². The van der Waals surface area contributed by atoms with E-state index in [1.807, 2.05) is 0 Å². The number of nitrogens with zero attached hydrogens (tertiary/aromatic N) is 2. The molecule has 4 nitrogen and oxygen atoms in total. The van der Waals surface area contributed by atoms with Gasteiger partial charge in [0.15, 0.2) is 0 Å². The topological polar surface area (TPSA) is 52.1 Å². The number of halogens is 1. The molecule has 0 radical (unpaired) electrons. The van der Waals surface area contributed by atoms with E-state index in [1.165, 1.54) is 12.1 Å². The Kier molecular flexibility index (Phi) is 4.37. The summed E-state index contributed by atoms with van der Waals surface area (Å²) in [5, 5.41) is 9.21. The molecule has 19 heavy (non-hydrogen) atoms. The number of hydrogen-bond donors (Lipinski definition) is 2. The Balaban J connectivity index is 2.38. The first-order valence-electron chi connectivity index (χ1n) is 6.72. The van der Waals surface area contributed by atoms with Crippen LogP contribution in [0.5, 0.6) is 0 Å². The third-order valence-corrected chi connectivity index (χ3v) is 3.43. The van der Waals surface area contributed by atoms with Crippen molar-refractivity contribution in [1.82, 2.24) is 9.97 Å². The van der Waals surface area contributed by atoms with E-state index >= 15 is 0 Å². The zero-order chi connectivity index (χ0) is 13.8. The molecule has 5 heteroatoms. The van der Waals surface area contributed by atoms with Crippen LogP contribution in [-0.4, -0.2) is 34.3 Å². The molecular weight excluding hydrogens is 245 g/mol. The lowest BCUT2D eigenvalue weighted by molar-refractivity contribution is 0.295. The average molecular weight is 265 g/mol. The Morgan fingerprint density at radius 1 is 1.37 bits per heavy atom. The average Bonchev–Trinajstić information content (AvgIpc) is 2.81. The van der Waals surface area contributed by atoms with Crippen LogP contribution in [0.25, 0.3) is 11.0 Å². The van der Waals surface area contributed by atoms with Gasteiger partial charge in [0.2, 0.25) is 5.95 Å². The Hall–Kier alpha value is -1.62. The molecule has 0 aliphatic heterocycles. The molecule has 1 aromatic carbocycles. The van der Waals surface area contributed by atoms with Crippen molar-refractivity contribution in [2.75, 3.05) is 18.1 Å². The molecule has 2 N–H and O–H groups in total. The van der Waals surface area contributed by atoms with Gasteiger partial charge in [-0.05, 0) is 31.0 Å². The number of nitrogens with one attached hydrogen (secondary N) is 1. The zero-order valence-electron chi connectivity index (χ0n) is 11.4. The lowest BCUT2D eigenvalue weighted by Gasteiger charge is -2.29. The van der Waals surface area contributed by atoms with Crippen LogP contribution < -0.4 is 4.90 Å². The molecule has 0 fully saturated rings. The van der Waals surface area contributed by atoms with Gasteiger partial charge in [0.05, 0.1) is 17.6 Å². The highest BCUT2D eigenvalue weighted by atomic mass is 19.1. The monoisotopic (exact) mass is 265 g/mol. The minimum Gasteiger partial charge on any atom is -0.395 e. The van der Waals surface area contributed by atoms with Gasteiger partial charge in [-0.3, -0.25) is 0 Å². The van der Waals surface area contributed by atoms with Crippen molar-refractivity contribution >= 4 is 17.0 Å². The first-order chi connectivity index (χ1) is 9.19. The molecule has 0 unspecified atom stereocenters. The van der Waals surface area contributed by atoms with Gasteiger partial charge in [0, 0.05) is 12.6 Å². The Bertz CT molecular complexity index is 536. The molecule has 0 spiro atoms. The summed E-state index contributed by atoms with van der Waals surface area (Å²) in [5.41, 5.74) is 1.43. The van der Waals surface area contributed by atoms with Gasteiger partial charge in [-0.15, -0.1) is 0 Å². The maximum atomic E-state index is 13.2. The van der Waals surface area contributed by atoms with E-state index in [1.54, 1.807) is 6.07 Å². The molecule has 0 aliphatic carbocycles. The van der Waals surface area contributed by atoms with Crippen LogP contribution in [0, 0.1) is 5.82 Å². The van der Waals surface area contributed by atoms with Crippen LogP contribution in [0.3, 0.4) is 0 Å². The molecule has 2 aromatic rings. The molecule has 0 bridgehead atoms. The van der Waals surface area contributed by atoms with Gasteiger partial charge >= 0.3 is 0 Å². The van der Waals surface area contributed by atoms with E-state index in [-0.39, 0.29) is 12.4 Å². The summed E-state index contributed by atoms with van der Waals surface area (Å²) < 4.78 is 13.2. The summed E-state index contributed by atoms with van der Waals surface area (Å²) in [6.07, 6.45) is 1.95. The molecule has 104 valence electrons. The number of rotatable bonds is 6. The van der Waals surface area contributed by atoms with Crippen molar-refractivity contribution in [3.05, 3.63) is 24.0 Å².